The van der Waals surface area contributed by atoms with Gasteiger partial charge in [0.2, 0.25) is 0 Å². The van der Waals surface area contributed by atoms with E-state index in [9.17, 15) is 14.7 Å². The van der Waals surface area contributed by atoms with Crippen LogP contribution in [-0.2, 0) is 27.2 Å². The Morgan fingerprint density at radius 2 is 1.57 bits per heavy atom. The summed E-state index contributed by atoms with van der Waals surface area (Å²) in [6, 6.07) is 5.75. The molecule has 2 N–H and O–H groups in total. The average molecular weight is 516 g/mol. The topological polar surface area (TPSA) is 113 Å². The van der Waals surface area contributed by atoms with Gasteiger partial charge in [-0.05, 0) is 30.5 Å². The maximum absolute atomic E-state index is 12.7. The number of fused-ring (bicyclic) bond motifs is 1. The van der Waals surface area contributed by atoms with Gasteiger partial charge < -0.3 is 24.5 Å². The summed E-state index contributed by atoms with van der Waals surface area (Å²) >= 11 is 0. The molecule has 204 valence electrons. The lowest BCUT2D eigenvalue weighted by molar-refractivity contribution is 0.157. The lowest BCUT2D eigenvalue weighted by Crippen LogP contribution is -2.39. The molecule has 0 radical (unpaired) electrons. The minimum Gasteiger partial charge on any atom is -0.497 e. The fourth-order valence-corrected chi connectivity index (χ4v) is 4.58. The quantitative estimate of drug-likeness (QED) is 0.282. The molecule has 0 aliphatic heterocycles. The molecule has 3 aromatic rings. The number of benzene rings is 1. The molecule has 0 aliphatic rings. The standard InChI is InChI=1S/C27H41N5O5/c1-30-19-29-25-24(30)26(34)32(27(35)31(25)2)13-11-9-7-5-6-8-10-12-21(33)18-28-17-20-14-22(36-3)16-23(15-20)37-4/h14-16,19,21,28,33H,5-13,17-18H2,1-4H3. The summed E-state index contributed by atoms with van der Waals surface area (Å²) in [5, 5.41) is 13.6. The highest BCUT2D eigenvalue weighted by molar-refractivity contribution is 5.69. The van der Waals surface area contributed by atoms with Crippen LogP contribution in [0.2, 0.25) is 0 Å². The summed E-state index contributed by atoms with van der Waals surface area (Å²) in [6.45, 7) is 1.61. The summed E-state index contributed by atoms with van der Waals surface area (Å²) < 4.78 is 15.0. The second-order valence-electron chi connectivity index (χ2n) is 9.60. The van der Waals surface area contributed by atoms with Crippen molar-refractivity contribution in [1.82, 2.24) is 24.0 Å². The molecule has 1 aromatic carbocycles. The number of unbranched alkanes of at least 4 members (excludes halogenated alkanes) is 6. The van der Waals surface area contributed by atoms with Crippen LogP contribution >= 0.6 is 0 Å². The van der Waals surface area contributed by atoms with Crippen LogP contribution < -0.4 is 26.0 Å². The normalized spacial score (nSPS) is 12.2. The average Bonchev–Trinajstić information content (AvgIpc) is 3.29. The molecule has 10 nitrogen and oxygen atoms in total. The number of imidazole rings is 1. The van der Waals surface area contributed by atoms with E-state index < -0.39 is 0 Å². The number of aryl methyl sites for hydroxylation is 2. The number of ether oxygens (including phenoxy) is 2. The molecule has 2 aromatic heterocycles. The Hall–Kier alpha value is -3.11. The van der Waals surface area contributed by atoms with E-state index in [0.29, 0.717) is 30.8 Å². The summed E-state index contributed by atoms with van der Waals surface area (Å²) in [5.74, 6) is 1.50. The van der Waals surface area contributed by atoms with E-state index in [-0.39, 0.29) is 17.4 Å². The third-order valence-electron chi connectivity index (χ3n) is 6.74. The Kier molecular flexibility index (Phi) is 10.8. The van der Waals surface area contributed by atoms with Crippen LogP contribution in [-0.4, -0.2) is 50.7 Å². The highest BCUT2D eigenvalue weighted by Crippen LogP contribution is 2.22. The van der Waals surface area contributed by atoms with Gasteiger partial charge in [-0.25, -0.2) is 9.78 Å². The van der Waals surface area contributed by atoms with E-state index in [2.05, 4.69) is 10.3 Å². The molecular formula is C27H41N5O5. The zero-order valence-corrected chi connectivity index (χ0v) is 22.5. The van der Waals surface area contributed by atoms with Gasteiger partial charge in [-0.3, -0.25) is 13.9 Å². The zero-order valence-electron chi connectivity index (χ0n) is 22.5. The number of aromatic nitrogens is 4. The summed E-state index contributed by atoms with van der Waals surface area (Å²) in [6.07, 6.45) is 9.10. The molecule has 0 bridgehead atoms. The Bertz CT molecular complexity index is 1240. The van der Waals surface area contributed by atoms with Gasteiger partial charge in [0.1, 0.15) is 11.5 Å². The molecule has 2 heterocycles. The van der Waals surface area contributed by atoms with E-state index in [0.717, 1.165) is 68.4 Å². The van der Waals surface area contributed by atoms with Gasteiger partial charge in [-0.2, -0.15) is 0 Å². The Morgan fingerprint density at radius 3 is 2.22 bits per heavy atom. The van der Waals surface area contributed by atoms with Crippen molar-refractivity contribution in [2.75, 3.05) is 20.8 Å². The number of hydrogen-bond acceptors (Lipinski definition) is 7. The van der Waals surface area contributed by atoms with Gasteiger partial charge in [-0.15, -0.1) is 0 Å². The Labute approximate surface area is 217 Å². The van der Waals surface area contributed by atoms with Gasteiger partial charge in [0.25, 0.3) is 5.56 Å². The monoisotopic (exact) mass is 515 g/mol. The SMILES string of the molecule is COc1cc(CNCC(O)CCCCCCCCCn2c(=O)c3c(ncn3C)n(C)c2=O)cc(OC)c1. The van der Waals surface area contributed by atoms with Crippen LogP contribution in [0, 0.1) is 0 Å². The Balaban J connectivity index is 1.26. The van der Waals surface area contributed by atoms with Crippen molar-refractivity contribution in [3.8, 4) is 11.5 Å². The molecule has 0 saturated heterocycles. The molecule has 0 spiro atoms. The number of aliphatic hydroxyl groups excluding tert-OH is 1. The van der Waals surface area contributed by atoms with E-state index in [1.54, 1.807) is 39.2 Å². The van der Waals surface area contributed by atoms with Crippen molar-refractivity contribution in [1.29, 1.82) is 0 Å². The molecule has 0 saturated carbocycles. The highest BCUT2D eigenvalue weighted by atomic mass is 16.5. The van der Waals surface area contributed by atoms with E-state index in [1.807, 2.05) is 18.2 Å². The Morgan fingerprint density at radius 1 is 0.946 bits per heavy atom. The van der Waals surface area contributed by atoms with Gasteiger partial charge in [0.15, 0.2) is 11.2 Å². The van der Waals surface area contributed by atoms with Crippen molar-refractivity contribution in [3.63, 3.8) is 0 Å². The third kappa shape index (κ3) is 7.69. The second kappa shape index (κ2) is 14.0. The largest absolute Gasteiger partial charge is 0.497 e. The van der Waals surface area contributed by atoms with Crippen LogP contribution in [0.1, 0.15) is 56.9 Å². The predicted molar refractivity (Wildman–Crippen MR) is 144 cm³/mol. The first kappa shape index (κ1) is 28.5. The van der Waals surface area contributed by atoms with Crippen LogP contribution in [0.25, 0.3) is 11.2 Å². The lowest BCUT2D eigenvalue weighted by Gasteiger charge is -2.13. The van der Waals surface area contributed by atoms with Crippen LogP contribution in [0.15, 0.2) is 34.1 Å². The fraction of sp³-hybridized carbons (Fsp3) is 0.593. The number of nitrogens with zero attached hydrogens (tertiary/aromatic N) is 4. The molecular weight excluding hydrogens is 474 g/mol. The lowest BCUT2D eigenvalue weighted by atomic mass is 10.1. The van der Waals surface area contributed by atoms with Crippen molar-refractivity contribution in [3.05, 3.63) is 50.9 Å². The maximum atomic E-state index is 12.7. The molecule has 0 amide bonds. The molecule has 0 fully saturated rings. The number of methoxy groups -OCH3 is 2. The first-order valence-electron chi connectivity index (χ1n) is 13.1. The molecule has 1 atom stereocenters. The summed E-state index contributed by atoms with van der Waals surface area (Å²) in [4.78, 5) is 29.4. The van der Waals surface area contributed by atoms with Crippen molar-refractivity contribution in [2.45, 2.75) is 70.6 Å². The fourth-order valence-electron chi connectivity index (χ4n) is 4.58. The summed E-state index contributed by atoms with van der Waals surface area (Å²) in [7, 11) is 6.68. The van der Waals surface area contributed by atoms with Gasteiger partial charge in [0, 0.05) is 39.8 Å². The minimum absolute atomic E-state index is 0.269. The van der Waals surface area contributed by atoms with Crippen molar-refractivity contribution in [2.24, 2.45) is 14.1 Å². The highest BCUT2D eigenvalue weighted by Gasteiger charge is 2.14. The zero-order chi connectivity index (χ0) is 26.8. The molecule has 37 heavy (non-hydrogen) atoms. The first-order chi connectivity index (χ1) is 17.8. The number of rotatable bonds is 16. The number of aliphatic hydroxyl groups is 1. The van der Waals surface area contributed by atoms with Gasteiger partial charge in [0.05, 0.1) is 26.7 Å². The van der Waals surface area contributed by atoms with E-state index in [1.165, 1.54) is 9.13 Å². The van der Waals surface area contributed by atoms with Crippen LogP contribution in [0.5, 0.6) is 11.5 Å². The number of hydrogen-bond donors (Lipinski definition) is 2. The summed E-state index contributed by atoms with van der Waals surface area (Å²) in [5.41, 5.74) is 1.35. The predicted octanol–water partition coefficient (Wildman–Crippen LogP) is 2.72. The van der Waals surface area contributed by atoms with Gasteiger partial charge in [-0.1, -0.05) is 38.5 Å². The molecule has 0 aliphatic carbocycles. The van der Waals surface area contributed by atoms with Crippen molar-refractivity contribution < 1.29 is 14.6 Å². The van der Waals surface area contributed by atoms with Gasteiger partial charge >= 0.3 is 5.69 Å². The minimum atomic E-state index is -0.370. The van der Waals surface area contributed by atoms with E-state index >= 15 is 0 Å². The molecule has 3 rings (SSSR count). The first-order valence-corrected chi connectivity index (χ1v) is 13.1. The number of nitrogens with one attached hydrogen (secondary N) is 1. The molecule has 1 unspecified atom stereocenters. The van der Waals surface area contributed by atoms with Crippen molar-refractivity contribution >= 4 is 11.2 Å². The second-order valence-corrected chi connectivity index (χ2v) is 9.60. The molecule has 10 heteroatoms. The van der Waals surface area contributed by atoms with Crippen LogP contribution in [0.4, 0.5) is 0 Å². The maximum Gasteiger partial charge on any atom is 0.332 e. The van der Waals surface area contributed by atoms with Crippen LogP contribution in [0.3, 0.4) is 0 Å². The smallest absolute Gasteiger partial charge is 0.332 e. The van der Waals surface area contributed by atoms with E-state index in [4.69, 9.17) is 9.47 Å². The third-order valence-corrected chi connectivity index (χ3v) is 6.74.